The highest BCUT2D eigenvalue weighted by atomic mass is 32.2. The number of phenolic OH excluding ortho intramolecular Hbond substituents is 1. The van der Waals surface area contributed by atoms with Crippen LogP contribution in [-0.2, 0) is 0 Å². The third-order valence-corrected chi connectivity index (χ3v) is 5.37. The summed E-state index contributed by atoms with van der Waals surface area (Å²) in [6.07, 6.45) is 0. The molecule has 1 aromatic rings. The van der Waals surface area contributed by atoms with Crippen molar-refractivity contribution in [3.05, 3.63) is 29.8 Å². The van der Waals surface area contributed by atoms with Gasteiger partial charge in [-0.05, 0) is 12.1 Å². The van der Waals surface area contributed by atoms with Crippen molar-refractivity contribution in [1.29, 1.82) is 0 Å². The van der Waals surface area contributed by atoms with E-state index in [0.29, 0.717) is 17.4 Å². The number of benzene rings is 1. The van der Waals surface area contributed by atoms with Gasteiger partial charge in [0, 0.05) is 29.1 Å². The van der Waals surface area contributed by atoms with Crippen LogP contribution in [0.5, 0.6) is 5.75 Å². The maximum Gasteiger partial charge on any atom is 0.255 e. The quantitative estimate of drug-likeness (QED) is 0.881. The van der Waals surface area contributed by atoms with E-state index < -0.39 is 0 Å². The lowest BCUT2D eigenvalue weighted by molar-refractivity contribution is 0.0951. The lowest BCUT2D eigenvalue weighted by Gasteiger charge is -2.21. The predicted molar refractivity (Wildman–Crippen MR) is 74.0 cm³/mol. The first-order valence-corrected chi connectivity index (χ1v) is 7.73. The molecule has 0 aliphatic carbocycles. The molecule has 2 rings (SSSR count). The van der Waals surface area contributed by atoms with Crippen LogP contribution < -0.4 is 5.32 Å². The summed E-state index contributed by atoms with van der Waals surface area (Å²) >= 11 is 3.84. The Kier molecular flexibility index (Phi) is 4.62. The Labute approximate surface area is 109 Å². The first-order chi connectivity index (χ1) is 8.27. The van der Waals surface area contributed by atoms with Crippen LogP contribution in [0.2, 0.25) is 0 Å². The second-order valence-electron chi connectivity index (χ2n) is 3.79. The number of phenols is 1. The molecule has 1 atom stereocenters. The Bertz CT molecular complexity index is 392. The van der Waals surface area contributed by atoms with Crippen LogP contribution in [0.25, 0.3) is 0 Å². The maximum absolute atomic E-state index is 11.8. The number of amides is 1. The Balaban J connectivity index is 1.87. The molecule has 1 fully saturated rings. The van der Waals surface area contributed by atoms with Gasteiger partial charge in [0.1, 0.15) is 5.75 Å². The number of carbonyl (C=O) groups excluding carboxylic acids is 1. The Morgan fingerprint density at radius 3 is 2.94 bits per heavy atom. The summed E-state index contributed by atoms with van der Waals surface area (Å²) in [6, 6.07) is 6.62. The van der Waals surface area contributed by atoms with Crippen LogP contribution in [0.1, 0.15) is 10.4 Å². The van der Waals surface area contributed by atoms with Crippen LogP contribution in [0.15, 0.2) is 24.3 Å². The van der Waals surface area contributed by atoms with Crippen LogP contribution in [0.4, 0.5) is 0 Å². The van der Waals surface area contributed by atoms with E-state index in [2.05, 4.69) is 5.32 Å². The summed E-state index contributed by atoms with van der Waals surface area (Å²) in [5.74, 6) is 3.29. The van der Waals surface area contributed by atoms with Crippen molar-refractivity contribution in [2.24, 2.45) is 0 Å². The van der Waals surface area contributed by atoms with Gasteiger partial charge in [-0.2, -0.15) is 23.5 Å². The standard InChI is InChI=1S/C12H15NO2S2/c14-11-4-2-1-3-10(11)12(15)13-7-9-8-16-5-6-17-9/h1-4,9,14H,5-8H2,(H,13,15). The van der Waals surface area contributed by atoms with Gasteiger partial charge in [-0.3, -0.25) is 4.79 Å². The molecule has 92 valence electrons. The van der Waals surface area contributed by atoms with Crippen LogP contribution in [0.3, 0.4) is 0 Å². The topological polar surface area (TPSA) is 49.3 Å². The third kappa shape index (κ3) is 3.57. The molecule has 17 heavy (non-hydrogen) atoms. The van der Waals surface area contributed by atoms with Crippen molar-refractivity contribution in [3.8, 4) is 5.75 Å². The average molecular weight is 269 g/mol. The van der Waals surface area contributed by atoms with E-state index in [-0.39, 0.29) is 11.7 Å². The molecule has 3 nitrogen and oxygen atoms in total. The lowest BCUT2D eigenvalue weighted by Crippen LogP contribution is -2.33. The van der Waals surface area contributed by atoms with Crippen molar-refractivity contribution in [2.75, 3.05) is 23.8 Å². The molecule has 1 aromatic carbocycles. The van der Waals surface area contributed by atoms with Crippen molar-refractivity contribution in [3.63, 3.8) is 0 Å². The van der Waals surface area contributed by atoms with Crippen LogP contribution >= 0.6 is 23.5 Å². The van der Waals surface area contributed by atoms with Gasteiger partial charge in [0.05, 0.1) is 5.56 Å². The second-order valence-corrected chi connectivity index (χ2v) is 6.35. The number of aromatic hydroxyl groups is 1. The summed E-state index contributed by atoms with van der Waals surface area (Å²) in [4.78, 5) is 11.8. The number of hydrogen-bond donors (Lipinski definition) is 2. The normalized spacial score (nSPS) is 19.9. The third-order valence-electron chi connectivity index (χ3n) is 2.52. The zero-order chi connectivity index (χ0) is 12.1. The molecule has 0 aromatic heterocycles. The average Bonchev–Trinajstić information content (AvgIpc) is 2.38. The molecular formula is C12H15NO2S2. The molecule has 5 heteroatoms. The SMILES string of the molecule is O=C(NCC1CSCCS1)c1ccccc1O. The van der Waals surface area contributed by atoms with Gasteiger partial charge in [0.15, 0.2) is 0 Å². The van der Waals surface area contributed by atoms with E-state index in [4.69, 9.17) is 0 Å². The van der Waals surface area contributed by atoms with Gasteiger partial charge >= 0.3 is 0 Å². The number of hydrogen-bond acceptors (Lipinski definition) is 4. The largest absolute Gasteiger partial charge is 0.507 e. The molecule has 1 amide bonds. The van der Waals surface area contributed by atoms with Crippen molar-refractivity contribution in [2.45, 2.75) is 5.25 Å². The molecule has 0 spiro atoms. The molecule has 1 aliphatic heterocycles. The number of carbonyl (C=O) groups is 1. The summed E-state index contributed by atoms with van der Waals surface area (Å²) < 4.78 is 0. The van der Waals surface area contributed by atoms with Crippen molar-refractivity contribution < 1.29 is 9.90 Å². The first-order valence-electron chi connectivity index (χ1n) is 5.53. The Morgan fingerprint density at radius 1 is 1.41 bits per heavy atom. The van der Waals surface area contributed by atoms with Crippen LogP contribution in [-0.4, -0.2) is 40.1 Å². The van der Waals surface area contributed by atoms with Gasteiger partial charge in [0.25, 0.3) is 5.91 Å². The minimum Gasteiger partial charge on any atom is -0.507 e. The molecule has 2 N–H and O–H groups in total. The number of thioether (sulfide) groups is 2. The van der Waals surface area contributed by atoms with Gasteiger partial charge in [0.2, 0.25) is 0 Å². The molecular weight excluding hydrogens is 254 g/mol. The highest BCUT2D eigenvalue weighted by Gasteiger charge is 2.16. The minimum absolute atomic E-state index is 0.0377. The monoisotopic (exact) mass is 269 g/mol. The predicted octanol–water partition coefficient (Wildman–Crippen LogP) is 1.97. The smallest absolute Gasteiger partial charge is 0.255 e. The molecule has 1 heterocycles. The van der Waals surface area contributed by atoms with E-state index >= 15 is 0 Å². The number of nitrogens with one attached hydrogen (secondary N) is 1. The molecule has 0 radical (unpaired) electrons. The molecule has 1 aliphatic rings. The molecule has 1 saturated heterocycles. The zero-order valence-corrected chi connectivity index (χ0v) is 11.0. The zero-order valence-electron chi connectivity index (χ0n) is 9.39. The fourth-order valence-corrected chi connectivity index (χ4v) is 4.23. The van der Waals surface area contributed by atoms with Gasteiger partial charge in [-0.25, -0.2) is 0 Å². The highest BCUT2D eigenvalue weighted by molar-refractivity contribution is 8.06. The fraction of sp³-hybridized carbons (Fsp3) is 0.417. The molecule has 0 bridgehead atoms. The van der Waals surface area contributed by atoms with Gasteiger partial charge < -0.3 is 10.4 Å². The summed E-state index contributed by atoms with van der Waals surface area (Å²) in [6.45, 7) is 0.671. The van der Waals surface area contributed by atoms with Gasteiger partial charge in [-0.15, -0.1) is 0 Å². The lowest BCUT2D eigenvalue weighted by atomic mass is 10.2. The number of para-hydroxylation sites is 1. The van der Waals surface area contributed by atoms with E-state index in [9.17, 15) is 9.90 Å². The van der Waals surface area contributed by atoms with Gasteiger partial charge in [-0.1, -0.05) is 12.1 Å². The van der Waals surface area contributed by atoms with Crippen LogP contribution in [0, 0.1) is 0 Å². The maximum atomic E-state index is 11.8. The van der Waals surface area contributed by atoms with E-state index in [1.165, 1.54) is 11.8 Å². The van der Waals surface area contributed by atoms with E-state index in [1.54, 1.807) is 18.2 Å². The Morgan fingerprint density at radius 2 is 2.24 bits per heavy atom. The fourth-order valence-electron chi connectivity index (χ4n) is 1.62. The van der Waals surface area contributed by atoms with Crippen molar-refractivity contribution >= 4 is 29.4 Å². The summed E-state index contributed by atoms with van der Waals surface area (Å²) in [5.41, 5.74) is 0.348. The molecule has 1 unspecified atom stereocenters. The first kappa shape index (κ1) is 12.6. The molecule has 0 saturated carbocycles. The second kappa shape index (κ2) is 6.21. The summed E-state index contributed by atoms with van der Waals surface area (Å²) in [5, 5.41) is 12.9. The van der Waals surface area contributed by atoms with E-state index in [0.717, 1.165) is 11.5 Å². The summed E-state index contributed by atoms with van der Waals surface area (Å²) in [7, 11) is 0. The van der Waals surface area contributed by atoms with E-state index in [1.807, 2.05) is 23.5 Å². The number of rotatable bonds is 3. The Hall–Kier alpha value is -0.810. The minimum atomic E-state index is -0.195. The van der Waals surface area contributed by atoms with Crippen molar-refractivity contribution in [1.82, 2.24) is 5.32 Å². The highest BCUT2D eigenvalue weighted by Crippen LogP contribution is 2.23.